The lowest BCUT2D eigenvalue weighted by molar-refractivity contribution is -0.144. The molecule has 0 aliphatic heterocycles. The number of ether oxygens (including phenoxy) is 3. The molecule has 1 aromatic carbocycles. The van der Waals surface area contributed by atoms with E-state index in [1.54, 1.807) is 11.7 Å². The number of alkyl carbamates (subject to hydrolysis) is 1. The predicted octanol–water partition coefficient (Wildman–Crippen LogP) is 4.36. The molecule has 2 rings (SSSR count). The van der Waals surface area contributed by atoms with E-state index in [0.29, 0.717) is 25.3 Å². The minimum Gasteiger partial charge on any atom is -0.479 e. The molecule has 11 heteroatoms. The van der Waals surface area contributed by atoms with Crippen molar-refractivity contribution in [1.29, 1.82) is 0 Å². The molecule has 0 fully saturated rings. The third-order valence-corrected chi connectivity index (χ3v) is 4.85. The summed E-state index contributed by atoms with van der Waals surface area (Å²) in [6, 6.07) is 2.86. The molecular weight excluding hydrogens is 449 g/mol. The van der Waals surface area contributed by atoms with Gasteiger partial charge in [-0.25, -0.2) is 14.3 Å². The van der Waals surface area contributed by atoms with Crippen molar-refractivity contribution in [3.63, 3.8) is 0 Å². The molecule has 0 bridgehead atoms. The fourth-order valence-corrected chi connectivity index (χ4v) is 3.20. The zero-order valence-electron chi connectivity index (χ0n) is 17.7. The van der Waals surface area contributed by atoms with Gasteiger partial charge in [0.15, 0.2) is 11.9 Å². The number of halogens is 2. The van der Waals surface area contributed by atoms with E-state index in [9.17, 15) is 9.59 Å². The van der Waals surface area contributed by atoms with Gasteiger partial charge in [-0.05, 0) is 39.7 Å². The number of hydrogen-bond donors (Lipinski definition) is 2. The van der Waals surface area contributed by atoms with Crippen LogP contribution in [0.5, 0.6) is 17.4 Å². The van der Waals surface area contributed by atoms with Crippen molar-refractivity contribution < 1.29 is 28.9 Å². The lowest BCUT2D eigenvalue weighted by Crippen LogP contribution is -2.24. The van der Waals surface area contributed by atoms with Gasteiger partial charge < -0.3 is 24.6 Å². The molecule has 170 valence electrons. The highest BCUT2D eigenvalue weighted by atomic mass is 35.5. The van der Waals surface area contributed by atoms with Crippen molar-refractivity contribution in [2.75, 3.05) is 13.2 Å². The molecule has 0 radical (unpaired) electrons. The smallest absolute Gasteiger partial charge is 0.407 e. The molecule has 2 aromatic rings. The molecule has 1 heterocycles. The van der Waals surface area contributed by atoms with Gasteiger partial charge >= 0.3 is 12.1 Å². The molecule has 0 spiro atoms. The summed E-state index contributed by atoms with van der Waals surface area (Å²) < 4.78 is 18.1. The van der Waals surface area contributed by atoms with Crippen LogP contribution in [-0.2, 0) is 23.0 Å². The number of rotatable bonds is 10. The summed E-state index contributed by atoms with van der Waals surface area (Å²) in [4.78, 5) is 22.5. The van der Waals surface area contributed by atoms with E-state index in [4.69, 9.17) is 42.5 Å². The highest BCUT2D eigenvalue weighted by Gasteiger charge is 2.20. The van der Waals surface area contributed by atoms with Crippen LogP contribution in [0.4, 0.5) is 4.79 Å². The van der Waals surface area contributed by atoms with Gasteiger partial charge in [0.2, 0.25) is 5.88 Å². The number of hydrogen-bond acceptors (Lipinski definition) is 6. The number of amides is 1. The highest BCUT2D eigenvalue weighted by Crippen LogP contribution is 2.39. The summed E-state index contributed by atoms with van der Waals surface area (Å²) in [5, 5.41) is 16.4. The monoisotopic (exact) mass is 473 g/mol. The summed E-state index contributed by atoms with van der Waals surface area (Å²) in [5.74, 6) is -0.307. The Kier molecular flexibility index (Phi) is 8.82. The van der Waals surface area contributed by atoms with Gasteiger partial charge in [-0.3, -0.25) is 0 Å². The van der Waals surface area contributed by atoms with Crippen LogP contribution in [0.15, 0.2) is 12.1 Å². The van der Waals surface area contributed by atoms with Crippen LogP contribution in [0.25, 0.3) is 0 Å². The Morgan fingerprint density at radius 1 is 1.26 bits per heavy atom. The zero-order valence-corrected chi connectivity index (χ0v) is 19.2. The predicted molar refractivity (Wildman–Crippen MR) is 116 cm³/mol. The number of aliphatic carboxylic acids is 1. The Hall–Kier alpha value is -2.65. The number of aromatic nitrogens is 2. The number of carboxylic acid groups (broad SMARTS) is 1. The standard InChI is InChI=1S/C20H25Cl2N3O6/c1-5-23-20(28)29-8-6-7-13-11(2)24-25(4)18(13)31-17-10-16(14(21)9-15(17)22)30-12(3)19(26)27/h9-10,12H,5-8H2,1-4H3,(H,23,28)(H,26,27)/t12-/m0/s1. The molecule has 1 aromatic heterocycles. The van der Waals surface area contributed by atoms with Gasteiger partial charge in [0.1, 0.15) is 5.75 Å². The Bertz CT molecular complexity index is 947. The van der Waals surface area contributed by atoms with Crippen molar-refractivity contribution in [2.24, 2.45) is 7.05 Å². The van der Waals surface area contributed by atoms with E-state index in [0.717, 1.165) is 11.3 Å². The zero-order chi connectivity index (χ0) is 23.1. The van der Waals surface area contributed by atoms with Crippen molar-refractivity contribution in [1.82, 2.24) is 15.1 Å². The van der Waals surface area contributed by atoms with Crippen LogP contribution in [-0.4, -0.2) is 46.2 Å². The minimum absolute atomic E-state index is 0.131. The van der Waals surface area contributed by atoms with Crippen LogP contribution in [0, 0.1) is 6.92 Å². The largest absolute Gasteiger partial charge is 0.479 e. The average molecular weight is 474 g/mol. The van der Waals surface area contributed by atoms with Gasteiger partial charge in [-0.2, -0.15) is 5.10 Å². The van der Waals surface area contributed by atoms with Crippen molar-refractivity contribution >= 4 is 35.3 Å². The molecule has 0 aliphatic rings. The van der Waals surface area contributed by atoms with E-state index in [-0.39, 0.29) is 28.2 Å². The van der Waals surface area contributed by atoms with E-state index in [1.165, 1.54) is 19.1 Å². The lowest BCUT2D eigenvalue weighted by Gasteiger charge is -2.15. The van der Waals surface area contributed by atoms with E-state index < -0.39 is 18.2 Å². The van der Waals surface area contributed by atoms with Crippen LogP contribution >= 0.6 is 23.2 Å². The Morgan fingerprint density at radius 3 is 2.58 bits per heavy atom. The molecule has 2 N–H and O–H groups in total. The molecule has 0 unspecified atom stereocenters. The molecule has 9 nitrogen and oxygen atoms in total. The Balaban J connectivity index is 2.19. The molecular formula is C20H25Cl2N3O6. The SMILES string of the molecule is CCNC(=O)OCCCc1c(C)nn(C)c1Oc1cc(O[C@@H](C)C(=O)O)c(Cl)cc1Cl. The molecule has 1 amide bonds. The van der Waals surface area contributed by atoms with Gasteiger partial charge in [0.25, 0.3) is 0 Å². The first-order valence-corrected chi connectivity index (χ1v) is 10.4. The molecule has 31 heavy (non-hydrogen) atoms. The molecule has 0 saturated heterocycles. The quantitative estimate of drug-likeness (QED) is 0.492. The number of nitrogens with one attached hydrogen (secondary N) is 1. The van der Waals surface area contributed by atoms with Crippen LogP contribution in [0.2, 0.25) is 10.0 Å². The number of nitrogens with zero attached hydrogens (tertiary/aromatic N) is 2. The fraction of sp³-hybridized carbons (Fsp3) is 0.450. The topological polar surface area (TPSA) is 112 Å². The summed E-state index contributed by atoms with van der Waals surface area (Å²) in [6.07, 6.45) is -0.443. The maximum atomic E-state index is 11.4. The van der Waals surface area contributed by atoms with Gasteiger partial charge in [-0.1, -0.05) is 23.2 Å². The van der Waals surface area contributed by atoms with Crippen molar-refractivity contribution in [2.45, 2.75) is 39.7 Å². The molecule has 1 atom stereocenters. The fourth-order valence-electron chi connectivity index (χ4n) is 2.73. The third kappa shape index (κ3) is 6.67. The lowest BCUT2D eigenvalue weighted by atomic mass is 10.1. The summed E-state index contributed by atoms with van der Waals surface area (Å²) >= 11 is 12.4. The minimum atomic E-state index is -1.13. The number of carbonyl (C=O) groups excluding carboxylic acids is 1. The van der Waals surface area contributed by atoms with Crippen molar-refractivity contribution in [3.8, 4) is 17.4 Å². The maximum absolute atomic E-state index is 11.4. The Labute approximate surface area is 190 Å². The second kappa shape index (κ2) is 11.1. The van der Waals surface area contributed by atoms with E-state index in [2.05, 4.69) is 10.4 Å². The number of carboxylic acids is 1. The summed E-state index contributed by atoms with van der Waals surface area (Å²) in [7, 11) is 1.73. The van der Waals surface area contributed by atoms with E-state index in [1.807, 2.05) is 13.8 Å². The van der Waals surface area contributed by atoms with Crippen LogP contribution < -0.4 is 14.8 Å². The van der Waals surface area contributed by atoms with Crippen molar-refractivity contribution in [3.05, 3.63) is 33.4 Å². The second-order valence-corrected chi connectivity index (χ2v) is 7.49. The number of aryl methyl sites for hydroxylation is 2. The van der Waals surface area contributed by atoms with Crippen LogP contribution in [0.1, 0.15) is 31.5 Å². The number of benzene rings is 1. The first kappa shape index (κ1) is 24.6. The van der Waals surface area contributed by atoms with Gasteiger partial charge in [-0.15, -0.1) is 0 Å². The highest BCUT2D eigenvalue weighted by molar-refractivity contribution is 6.36. The van der Waals surface area contributed by atoms with Gasteiger partial charge in [0.05, 0.1) is 22.3 Å². The average Bonchev–Trinajstić information content (AvgIpc) is 2.95. The third-order valence-electron chi connectivity index (χ3n) is 4.26. The number of carbonyl (C=O) groups is 2. The maximum Gasteiger partial charge on any atom is 0.407 e. The Morgan fingerprint density at radius 2 is 1.94 bits per heavy atom. The normalized spacial score (nSPS) is 11.7. The van der Waals surface area contributed by atoms with E-state index >= 15 is 0 Å². The first-order valence-electron chi connectivity index (χ1n) is 9.63. The van der Waals surface area contributed by atoms with Crippen LogP contribution in [0.3, 0.4) is 0 Å². The second-order valence-electron chi connectivity index (χ2n) is 6.68. The van der Waals surface area contributed by atoms with Gasteiger partial charge in [0, 0.05) is 25.2 Å². The summed E-state index contributed by atoms with van der Waals surface area (Å²) in [5.41, 5.74) is 1.59. The molecule has 0 saturated carbocycles. The first-order chi connectivity index (χ1) is 14.6. The molecule has 0 aliphatic carbocycles. The summed E-state index contributed by atoms with van der Waals surface area (Å²) in [6.45, 7) is 5.78.